The van der Waals surface area contributed by atoms with Gasteiger partial charge in [0.05, 0.1) is 0 Å². The van der Waals surface area contributed by atoms with E-state index >= 15 is 0 Å². The van der Waals surface area contributed by atoms with Crippen LogP contribution in [0.1, 0.15) is 5.56 Å². The van der Waals surface area contributed by atoms with Crippen molar-refractivity contribution in [2.75, 3.05) is 0 Å². The summed E-state index contributed by atoms with van der Waals surface area (Å²) in [5.74, 6) is 0.394. The van der Waals surface area contributed by atoms with Gasteiger partial charge >= 0.3 is 59.1 Å². The Morgan fingerprint density at radius 3 is 1.03 bits per heavy atom. The summed E-state index contributed by atoms with van der Waals surface area (Å²) in [6.45, 7) is 2.08. The van der Waals surface area contributed by atoms with Gasteiger partial charge in [0.15, 0.2) is 0 Å². The number of hydrogen-bond acceptors (Lipinski definition) is 3. The average Bonchev–Trinajstić information content (AvgIpc) is 2.79. The molecule has 4 aromatic rings. The monoisotopic (exact) mass is 560 g/mol. The minimum absolute atomic E-state index is 0. The third-order valence-electron chi connectivity index (χ3n) is 3.17. The summed E-state index contributed by atoms with van der Waals surface area (Å²) in [6, 6.07) is 36.7. The molecule has 0 fully saturated rings. The number of aromatic hydroxyl groups is 1. The Bertz CT molecular complexity index is 712. The van der Waals surface area contributed by atoms with Crippen LogP contribution in [0.4, 0.5) is 0 Å². The molecule has 174 valence electrons. The van der Waals surface area contributed by atoms with E-state index in [0.29, 0.717) is 5.75 Å². The van der Waals surface area contributed by atoms with E-state index in [1.165, 1.54) is 17.7 Å². The molecule has 0 spiro atoms. The zero-order valence-corrected chi connectivity index (χ0v) is 26.5. The summed E-state index contributed by atoms with van der Waals surface area (Å²) in [4.78, 5) is 0. The fourth-order valence-electron chi connectivity index (χ4n) is 1.80. The summed E-state index contributed by atoms with van der Waals surface area (Å²) in [5, 5.41) is 19.7. The molecule has 0 bridgehead atoms. The number of benzene rings is 4. The van der Waals surface area contributed by atoms with Crippen LogP contribution in [-0.4, -0.2) is 10.6 Å². The van der Waals surface area contributed by atoms with E-state index in [4.69, 9.17) is 16.7 Å². The molecule has 4 rings (SSSR count). The van der Waals surface area contributed by atoms with E-state index in [2.05, 4.69) is 40.8 Å². The third kappa shape index (κ3) is 29.6. The number of hydrogen-bond donors (Lipinski definition) is 1. The number of rotatable bonds is 0. The molecule has 2 N–H and O–H groups in total. The van der Waals surface area contributed by atoms with Crippen LogP contribution in [0.3, 0.4) is 0 Å². The van der Waals surface area contributed by atoms with Gasteiger partial charge in [-0.2, -0.15) is 0 Å². The minimum Gasteiger partial charge on any atom is -0.872 e. The molecule has 0 saturated heterocycles. The van der Waals surface area contributed by atoms with Gasteiger partial charge in [0.1, 0.15) is 5.75 Å². The summed E-state index contributed by atoms with van der Waals surface area (Å²) in [5.41, 5.74) is 1.32. The van der Waals surface area contributed by atoms with Crippen molar-refractivity contribution in [3.8, 4) is 11.5 Å². The SMILES string of the molecule is Cc1ccccc1.Cl.ClCl.Clc1ccccc1.Oc1ccccc1.[Na+].[Na+].[O-]c1ccccc1.[OH-]. The maximum atomic E-state index is 10.3. The van der Waals surface area contributed by atoms with Crippen LogP contribution in [-0.2, 0) is 0 Å². The first-order chi connectivity index (χ1) is 14.6. The quantitative estimate of drug-likeness (QED) is 0.334. The Morgan fingerprint density at radius 2 is 0.882 bits per heavy atom. The molecular formula is C25H26Cl4Na2O3. The van der Waals surface area contributed by atoms with Gasteiger partial charge in [-0.3, -0.25) is 0 Å². The molecule has 0 atom stereocenters. The molecule has 0 aromatic heterocycles. The summed E-state index contributed by atoms with van der Waals surface area (Å²) in [7, 11) is 8.22. The van der Waals surface area contributed by atoms with E-state index in [1.54, 1.807) is 36.4 Å². The normalized spacial score (nSPS) is 7.29. The molecule has 0 saturated carbocycles. The van der Waals surface area contributed by atoms with Crippen molar-refractivity contribution < 1.29 is 74.8 Å². The number of para-hydroxylation sites is 2. The van der Waals surface area contributed by atoms with Crippen LogP contribution in [0.2, 0.25) is 5.02 Å². The van der Waals surface area contributed by atoms with E-state index in [0.717, 1.165) is 5.02 Å². The molecule has 0 amide bonds. The maximum Gasteiger partial charge on any atom is 1.00 e. The second-order valence-electron chi connectivity index (χ2n) is 5.60. The summed E-state index contributed by atoms with van der Waals surface area (Å²) >= 11 is 5.54. The van der Waals surface area contributed by atoms with Crippen molar-refractivity contribution >= 4 is 45.7 Å². The molecule has 0 unspecified atom stereocenters. The van der Waals surface area contributed by atoms with Crippen LogP contribution in [0.25, 0.3) is 0 Å². The van der Waals surface area contributed by atoms with E-state index in [9.17, 15) is 5.11 Å². The number of phenols is 1. The largest absolute Gasteiger partial charge is 1.00 e. The van der Waals surface area contributed by atoms with Crippen molar-refractivity contribution in [1.82, 2.24) is 0 Å². The smallest absolute Gasteiger partial charge is 0.872 e. The maximum absolute atomic E-state index is 10.3. The molecule has 0 radical (unpaired) electrons. The Labute approximate surface area is 268 Å². The number of halogens is 4. The van der Waals surface area contributed by atoms with Crippen molar-refractivity contribution in [2.24, 2.45) is 0 Å². The molecule has 0 aliphatic carbocycles. The van der Waals surface area contributed by atoms with Gasteiger partial charge in [-0.15, -0.1) is 18.2 Å². The number of phenolic OH excluding ortho intramolecular Hbond substituents is 1. The minimum atomic E-state index is 0. The molecule has 3 nitrogen and oxygen atoms in total. The zero-order chi connectivity index (χ0) is 22.5. The first kappa shape index (κ1) is 43.7. The van der Waals surface area contributed by atoms with Gasteiger partial charge in [-0.1, -0.05) is 114 Å². The summed E-state index contributed by atoms with van der Waals surface area (Å²) < 4.78 is 0. The zero-order valence-electron chi connectivity index (χ0n) is 19.4. The van der Waals surface area contributed by atoms with Crippen LogP contribution in [0.15, 0.2) is 121 Å². The third-order valence-corrected chi connectivity index (χ3v) is 3.42. The Balaban J connectivity index is -0.000000103. The van der Waals surface area contributed by atoms with E-state index in [-0.39, 0.29) is 82.7 Å². The Morgan fingerprint density at radius 1 is 0.588 bits per heavy atom. The van der Waals surface area contributed by atoms with Crippen LogP contribution >= 0.6 is 45.7 Å². The molecule has 4 aromatic carbocycles. The van der Waals surface area contributed by atoms with Crippen LogP contribution < -0.4 is 64.2 Å². The topological polar surface area (TPSA) is 73.3 Å². The molecular weight excluding hydrogens is 536 g/mol. The van der Waals surface area contributed by atoms with E-state index in [1.807, 2.05) is 60.7 Å². The second kappa shape index (κ2) is 32.6. The second-order valence-corrected chi connectivity index (χ2v) is 6.04. The fourth-order valence-corrected chi connectivity index (χ4v) is 1.94. The van der Waals surface area contributed by atoms with Crippen molar-refractivity contribution in [1.29, 1.82) is 0 Å². The molecule has 0 aliphatic heterocycles. The standard InChI is InChI=1S/C7H8.C6H5Cl.2C6H6O.Cl2.ClH.2Na.H2O/c1-7-5-3-2-4-6-7;3*7-6-4-2-1-3-5-6;1-2;;;;/h2-6H,1H3;1-5H;2*1-5,7H;;1H;;;1H2/q;;;;;;2*+1;/p-2. The first-order valence-corrected chi connectivity index (χ1v) is 10.4. The van der Waals surface area contributed by atoms with Gasteiger partial charge in [0.2, 0.25) is 0 Å². The van der Waals surface area contributed by atoms with Gasteiger partial charge in [0, 0.05) is 26.7 Å². The predicted octanol–water partition coefficient (Wildman–Crippen LogP) is 2.12. The van der Waals surface area contributed by atoms with Crippen LogP contribution in [0.5, 0.6) is 11.5 Å². The fraction of sp³-hybridized carbons (Fsp3) is 0.0400. The van der Waals surface area contributed by atoms with Gasteiger partial charge in [-0.25, -0.2) is 0 Å². The predicted molar refractivity (Wildman–Crippen MR) is 138 cm³/mol. The molecule has 9 heteroatoms. The Kier molecular flexibility index (Phi) is 41.9. The van der Waals surface area contributed by atoms with Crippen LogP contribution in [0, 0.1) is 6.92 Å². The van der Waals surface area contributed by atoms with Crippen molar-refractivity contribution in [3.63, 3.8) is 0 Å². The molecule has 0 aliphatic rings. The van der Waals surface area contributed by atoms with Crippen molar-refractivity contribution in [2.45, 2.75) is 6.92 Å². The van der Waals surface area contributed by atoms with Gasteiger partial charge in [-0.05, 0) is 31.2 Å². The molecule has 0 heterocycles. The Hall–Kier alpha value is -0.400. The van der Waals surface area contributed by atoms with Crippen molar-refractivity contribution in [3.05, 3.63) is 132 Å². The first-order valence-electron chi connectivity index (χ1n) is 8.90. The number of aryl methyl sites for hydroxylation is 1. The average molecular weight is 562 g/mol. The van der Waals surface area contributed by atoms with E-state index < -0.39 is 0 Å². The molecule has 34 heavy (non-hydrogen) atoms. The summed E-state index contributed by atoms with van der Waals surface area (Å²) in [6.07, 6.45) is 0. The van der Waals surface area contributed by atoms with Gasteiger partial charge in [0.25, 0.3) is 0 Å². The van der Waals surface area contributed by atoms with Gasteiger partial charge < -0.3 is 15.7 Å².